The molecule has 5 nitrogen and oxygen atoms in total. The predicted molar refractivity (Wildman–Crippen MR) is 124 cm³/mol. The molecular weight excluding hydrogens is 380 g/mol. The van der Waals surface area contributed by atoms with Crippen LogP contribution < -0.4 is 0 Å². The first-order valence-corrected chi connectivity index (χ1v) is 12.7. The zero-order chi connectivity index (χ0) is 22.3. The molecule has 180 valence electrons. The molecule has 3 N–H and O–H groups in total. The molecule has 2 atom stereocenters. The van der Waals surface area contributed by atoms with Crippen molar-refractivity contribution in [2.75, 3.05) is 13.2 Å². The van der Waals surface area contributed by atoms with Crippen LogP contribution in [0.3, 0.4) is 0 Å². The summed E-state index contributed by atoms with van der Waals surface area (Å²) in [6.45, 7) is 2.55. The minimum absolute atomic E-state index is 0.172. The Morgan fingerprint density at radius 2 is 1.20 bits per heavy atom. The SMILES string of the molecule is CCCCCCCCCCCCCCCCC(O)[C@H](CO)OCCCCCC(=O)O. The maximum atomic E-state index is 10.5. The number of aliphatic hydroxyl groups excluding tert-OH is 2. The van der Waals surface area contributed by atoms with Crippen molar-refractivity contribution in [1.82, 2.24) is 0 Å². The third-order valence-corrected chi connectivity index (χ3v) is 5.83. The van der Waals surface area contributed by atoms with E-state index in [9.17, 15) is 15.0 Å². The third-order valence-electron chi connectivity index (χ3n) is 5.83. The van der Waals surface area contributed by atoms with Crippen LogP contribution in [-0.2, 0) is 9.53 Å². The molecule has 0 amide bonds. The monoisotopic (exact) mass is 430 g/mol. The number of aliphatic carboxylic acids is 1. The van der Waals surface area contributed by atoms with Crippen LogP contribution in [0, 0.1) is 0 Å². The minimum atomic E-state index is -0.771. The van der Waals surface area contributed by atoms with Crippen molar-refractivity contribution >= 4 is 5.97 Å². The van der Waals surface area contributed by atoms with Gasteiger partial charge in [-0.3, -0.25) is 4.79 Å². The van der Waals surface area contributed by atoms with Crippen LogP contribution in [0.5, 0.6) is 0 Å². The largest absolute Gasteiger partial charge is 0.481 e. The molecule has 0 aliphatic heterocycles. The molecule has 0 aliphatic carbocycles. The Kier molecular flexibility index (Phi) is 22.5. The van der Waals surface area contributed by atoms with Crippen molar-refractivity contribution in [2.24, 2.45) is 0 Å². The molecule has 0 heterocycles. The second-order valence-electron chi connectivity index (χ2n) is 8.75. The quantitative estimate of drug-likeness (QED) is 0.158. The Bertz CT molecular complexity index is 361. The predicted octanol–water partition coefficient (Wildman–Crippen LogP) is 6.24. The van der Waals surface area contributed by atoms with Gasteiger partial charge in [0.15, 0.2) is 0 Å². The fraction of sp³-hybridized carbons (Fsp3) is 0.960. The summed E-state index contributed by atoms with van der Waals surface area (Å²) in [4.78, 5) is 10.5. The second kappa shape index (κ2) is 23.0. The van der Waals surface area contributed by atoms with E-state index in [4.69, 9.17) is 9.84 Å². The Labute approximate surface area is 185 Å². The highest BCUT2D eigenvalue weighted by Gasteiger charge is 2.18. The molecule has 5 heteroatoms. The van der Waals surface area contributed by atoms with Crippen LogP contribution in [-0.4, -0.2) is 46.7 Å². The van der Waals surface area contributed by atoms with Crippen molar-refractivity contribution in [2.45, 2.75) is 141 Å². The van der Waals surface area contributed by atoms with Crippen molar-refractivity contribution in [3.05, 3.63) is 0 Å². The lowest BCUT2D eigenvalue weighted by atomic mass is 10.0. The van der Waals surface area contributed by atoms with E-state index in [2.05, 4.69) is 6.92 Å². The zero-order valence-corrected chi connectivity index (χ0v) is 19.7. The molecule has 0 rings (SSSR count). The van der Waals surface area contributed by atoms with Crippen LogP contribution in [0.2, 0.25) is 0 Å². The number of carboxylic acid groups (broad SMARTS) is 1. The van der Waals surface area contributed by atoms with E-state index in [-0.39, 0.29) is 13.0 Å². The van der Waals surface area contributed by atoms with E-state index >= 15 is 0 Å². The topological polar surface area (TPSA) is 87.0 Å². The Balaban J connectivity index is 3.43. The van der Waals surface area contributed by atoms with Gasteiger partial charge in [-0.25, -0.2) is 0 Å². The lowest BCUT2D eigenvalue weighted by Gasteiger charge is -2.21. The standard InChI is InChI=1S/C25H50O5/c1-2-3-4-5-6-7-8-9-10-11-12-13-14-16-19-23(27)24(22-26)30-21-18-15-17-20-25(28)29/h23-24,26-27H,2-22H2,1H3,(H,28,29)/t23?,24-/m0/s1. The van der Waals surface area contributed by atoms with Gasteiger partial charge in [0.25, 0.3) is 0 Å². The molecule has 1 unspecified atom stereocenters. The number of hydrogen-bond acceptors (Lipinski definition) is 4. The number of rotatable bonds is 24. The van der Waals surface area contributed by atoms with E-state index in [0.717, 1.165) is 25.7 Å². The van der Waals surface area contributed by atoms with Gasteiger partial charge in [-0.15, -0.1) is 0 Å². The highest BCUT2D eigenvalue weighted by molar-refractivity contribution is 5.66. The fourth-order valence-electron chi connectivity index (χ4n) is 3.81. The number of aliphatic hydroxyl groups is 2. The lowest BCUT2D eigenvalue weighted by molar-refractivity contribution is -0.137. The number of ether oxygens (including phenoxy) is 1. The van der Waals surface area contributed by atoms with Gasteiger partial charge >= 0.3 is 5.97 Å². The maximum absolute atomic E-state index is 10.5. The normalized spacial score (nSPS) is 13.4. The average Bonchev–Trinajstić information content (AvgIpc) is 2.73. The van der Waals surface area contributed by atoms with Crippen LogP contribution >= 0.6 is 0 Å². The summed E-state index contributed by atoms with van der Waals surface area (Å²) in [5, 5.41) is 28.2. The van der Waals surface area contributed by atoms with Crippen LogP contribution in [0.4, 0.5) is 0 Å². The first-order chi connectivity index (χ1) is 14.6. The van der Waals surface area contributed by atoms with Crippen molar-refractivity contribution in [1.29, 1.82) is 0 Å². The lowest BCUT2D eigenvalue weighted by Crippen LogP contribution is -2.32. The van der Waals surface area contributed by atoms with Crippen molar-refractivity contribution < 1.29 is 24.9 Å². The summed E-state index contributed by atoms with van der Waals surface area (Å²) in [6.07, 6.45) is 20.3. The average molecular weight is 431 g/mol. The molecule has 0 radical (unpaired) electrons. The van der Waals surface area contributed by atoms with Crippen LogP contribution in [0.1, 0.15) is 129 Å². The van der Waals surface area contributed by atoms with E-state index in [0.29, 0.717) is 19.4 Å². The van der Waals surface area contributed by atoms with Gasteiger partial charge in [-0.1, -0.05) is 103 Å². The summed E-state index contributed by atoms with van der Waals surface area (Å²) in [5.41, 5.74) is 0. The Morgan fingerprint density at radius 3 is 1.67 bits per heavy atom. The van der Waals surface area contributed by atoms with Gasteiger partial charge in [-0.05, 0) is 19.3 Å². The smallest absolute Gasteiger partial charge is 0.303 e. The molecule has 0 fully saturated rings. The van der Waals surface area contributed by atoms with Crippen LogP contribution in [0.15, 0.2) is 0 Å². The highest BCUT2D eigenvalue weighted by Crippen LogP contribution is 2.15. The molecule has 0 spiro atoms. The van der Waals surface area contributed by atoms with Crippen LogP contribution in [0.25, 0.3) is 0 Å². The number of unbranched alkanes of at least 4 members (excludes halogenated alkanes) is 15. The van der Waals surface area contributed by atoms with Gasteiger partial charge in [0, 0.05) is 13.0 Å². The maximum Gasteiger partial charge on any atom is 0.303 e. The second-order valence-corrected chi connectivity index (χ2v) is 8.75. The minimum Gasteiger partial charge on any atom is -0.481 e. The summed E-state index contributed by atoms with van der Waals surface area (Å²) >= 11 is 0. The summed E-state index contributed by atoms with van der Waals surface area (Å²) < 4.78 is 5.58. The van der Waals surface area contributed by atoms with E-state index in [1.165, 1.54) is 77.0 Å². The summed E-state index contributed by atoms with van der Waals surface area (Å²) in [6, 6.07) is 0. The van der Waals surface area contributed by atoms with E-state index < -0.39 is 18.2 Å². The number of carboxylic acids is 1. The van der Waals surface area contributed by atoms with Gasteiger partial charge in [0.2, 0.25) is 0 Å². The van der Waals surface area contributed by atoms with Gasteiger partial charge < -0.3 is 20.1 Å². The molecule has 0 aromatic carbocycles. The van der Waals surface area contributed by atoms with E-state index in [1.54, 1.807) is 0 Å². The Hall–Kier alpha value is -0.650. The zero-order valence-electron chi connectivity index (χ0n) is 19.7. The molecule has 0 aromatic rings. The molecule has 0 aromatic heterocycles. The fourth-order valence-corrected chi connectivity index (χ4v) is 3.81. The molecule has 0 saturated carbocycles. The van der Waals surface area contributed by atoms with Crippen molar-refractivity contribution in [3.63, 3.8) is 0 Å². The van der Waals surface area contributed by atoms with Gasteiger partial charge in [0.05, 0.1) is 12.7 Å². The molecule has 0 bridgehead atoms. The number of carbonyl (C=O) groups is 1. The molecule has 30 heavy (non-hydrogen) atoms. The highest BCUT2D eigenvalue weighted by atomic mass is 16.5. The first kappa shape index (κ1) is 29.4. The third kappa shape index (κ3) is 20.6. The van der Waals surface area contributed by atoms with Crippen molar-refractivity contribution in [3.8, 4) is 0 Å². The molecular formula is C25H50O5. The van der Waals surface area contributed by atoms with Gasteiger partial charge in [0.1, 0.15) is 6.10 Å². The number of hydrogen-bond donors (Lipinski definition) is 3. The molecule has 0 saturated heterocycles. The summed E-state index contributed by atoms with van der Waals surface area (Å²) in [7, 11) is 0. The van der Waals surface area contributed by atoms with E-state index in [1.807, 2.05) is 0 Å². The Morgan fingerprint density at radius 1 is 0.733 bits per heavy atom. The molecule has 0 aliphatic rings. The first-order valence-electron chi connectivity index (χ1n) is 12.7. The summed E-state index contributed by atoms with van der Waals surface area (Å²) in [5.74, 6) is -0.771. The van der Waals surface area contributed by atoms with Gasteiger partial charge in [-0.2, -0.15) is 0 Å².